The van der Waals surface area contributed by atoms with Crippen molar-refractivity contribution in [1.29, 1.82) is 0 Å². The highest BCUT2D eigenvalue weighted by molar-refractivity contribution is 5.96. The Hall–Kier alpha value is -3.33. The number of nitrogens with one attached hydrogen (secondary N) is 2. The fourth-order valence-corrected chi connectivity index (χ4v) is 3.14. The summed E-state index contributed by atoms with van der Waals surface area (Å²) in [5.41, 5.74) is 7.79. The van der Waals surface area contributed by atoms with E-state index in [0.717, 1.165) is 39.3 Å². The summed E-state index contributed by atoms with van der Waals surface area (Å²) in [6.07, 6.45) is 0. The summed E-state index contributed by atoms with van der Waals surface area (Å²) in [5, 5.41) is 8.11. The van der Waals surface area contributed by atoms with E-state index in [4.69, 9.17) is 4.98 Å². The minimum Gasteiger partial charge on any atom is -0.355 e. The number of aryl methyl sites for hydroxylation is 3. The fourth-order valence-electron chi connectivity index (χ4n) is 3.14. The largest absolute Gasteiger partial charge is 0.355 e. The maximum absolute atomic E-state index is 4.86. The van der Waals surface area contributed by atoms with E-state index in [-0.39, 0.29) is 0 Å². The lowest BCUT2D eigenvalue weighted by Gasteiger charge is -2.14. The zero-order valence-corrected chi connectivity index (χ0v) is 15.9. The Morgan fingerprint density at radius 2 is 1.26 bits per heavy atom. The van der Waals surface area contributed by atoms with Crippen LogP contribution in [0.25, 0.3) is 10.9 Å². The summed E-state index contributed by atoms with van der Waals surface area (Å²) in [7, 11) is 0. The van der Waals surface area contributed by atoms with Crippen LogP contribution in [0.5, 0.6) is 0 Å². The van der Waals surface area contributed by atoms with Gasteiger partial charge < -0.3 is 10.6 Å². The zero-order valence-electron chi connectivity index (χ0n) is 15.9. The Bertz CT molecular complexity index is 1080. The van der Waals surface area contributed by atoms with Gasteiger partial charge in [-0.05, 0) is 50.6 Å². The molecule has 1 heterocycles. The van der Waals surface area contributed by atoms with E-state index in [2.05, 4.69) is 104 Å². The summed E-state index contributed by atoms with van der Waals surface area (Å²) < 4.78 is 0. The van der Waals surface area contributed by atoms with Crippen molar-refractivity contribution < 1.29 is 0 Å². The third kappa shape index (κ3) is 3.77. The van der Waals surface area contributed by atoms with E-state index in [9.17, 15) is 0 Å². The van der Waals surface area contributed by atoms with E-state index in [1.54, 1.807) is 0 Å². The maximum atomic E-state index is 4.86. The van der Waals surface area contributed by atoms with Crippen molar-refractivity contribution in [2.75, 3.05) is 10.6 Å². The number of hydrogen-bond donors (Lipinski definition) is 2. The van der Waals surface area contributed by atoms with Gasteiger partial charge in [-0.2, -0.15) is 0 Å². The lowest BCUT2D eigenvalue weighted by molar-refractivity contribution is 1.33. The first-order valence-corrected chi connectivity index (χ1v) is 9.16. The number of anilines is 4. The third-order valence-corrected chi connectivity index (χ3v) is 4.70. The third-order valence-electron chi connectivity index (χ3n) is 4.70. The van der Waals surface area contributed by atoms with Crippen LogP contribution in [0.15, 0.2) is 72.8 Å². The van der Waals surface area contributed by atoms with Gasteiger partial charge in [0.1, 0.15) is 5.82 Å². The first-order chi connectivity index (χ1) is 13.1. The normalized spacial score (nSPS) is 10.8. The zero-order chi connectivity index (χ0) is 18.8. The molecule has 27 heavy (non-hydrogen) atoms. The molecule has 0 aliphatic rings. The van der Waals surface area contributed by atoms with Crippen LogP contribution in [-0.4, -0.2) is 4.98 Å². The molecular formula is C24H23N3. The Labute approximate surface area is 160 Å². The molecule has 0 saturated heterocycles. The molecule has 0 saturated carbocycles. The molecule has 0 amide bonds. The Morgan fingerprint density at radius 1 is 0.667 bits per heavy atom. The Morgan fingerprint density at radius 3 is 1.89 bits per heavy atom. The smallest absolute Gasteiger partial charge is 0.133 e. The number of aromatic nitrogens is 1. The van der Waals surface area contributed by atoms with Crippen molar-refractivity contribution >= 4 is 33.8 Å². The summed E-state index contributed by atoms with van der Waals surface area (Å²) in [4.78, 5) is 4.86. The van der Waals surface area contributed by atoms with Crippen LogP contribution >= 0.6 is 0 Å². The van der Waals surface area contributed by atoms with Crippen LogP contribution in [-0.2, 0) is 0 Å². The van der Waals surface area contributed by atoms with Crippen LogP contribution in [0.1, 0.15) is 16.7 Å². The molecule has 4 aromatic rings. The van der Waals surface area contributed by atoms with Gasteiger partial charge >= 0.3 is 0 Å². The predicted octanol–water partition coefficient (Wildman–Crippen LogP) is 6.65. The van der Waals surface area contributed by atoms with Gasteiger partial charge in [0, 0.05) is 22.8 Å². The van der Waals surface area contributed by atoms with Crippen molar-refractivity contribution in [3.8, 4) is 0 Å². The molecule has 134 valence electrons. The quantitative estimate of drug-likeness (QED) is 0.431. The molecule has 3 nitrogen and oxygen atoms in total. The predicted molar refractivity (Wildman–Crippen MR) is 115 cm³/mol. The maximum Gasteiger partial charge on any atom is 0.133 e. The fraction of sp³-hybridized carbons (Fsp3) is 0.125. The molecule has 0 spiro atoms. The number of pyridine rings is 1. The number of nitrogens with zero attached hydrogens (tertiary/aromatic N) is 1. The van der Waals surface area contributed by atoms with Crippen molar-refractivity contribution in [2.45, 2.75) is 20.8 Å². The van der Waals surface area contributed by atoms with E-state index in [0.29, 0.717) is 0 Å². The summed E-state index contributed by atoms with van der Waals surface area (Å²) in [6, 6.07) is 25.1. The van der Waals surface area contributed by atoms with Gasteiger partial charge in [0.25, 0.3) is 0 Å². The highest BCUT2D eigenvalue weighted by Crippen LogP contribution is 2.31. The molecule has 2 N–H and O–H groups in total. The van der Waals surface area contributed by atoms with Crippen molar-refractivity contribution in [1.82, 2.24) is 4.98 Å². The molecule has 4 rings (SSSR count). The van der Waals surface area contributed by atoms with Crippen LogP contribution in [0.3, 0.4) is 0 Å². The van der Waals surface area contributed by atoms with Gasteiger partial charge in [-0.25, -0.2) is 4.98 Å². The topological polar surface area (TPSA) is 37.0 Å². The van der Waals surface area contributed by atoms with Crippen LogP contribution in [0.2, 0.25) is 0 Å². The Balaban J connectivity index is 1.77. The lowest BCUT2D eigenvalue weighted by atomic mass is 10.1. The summed E-state index contributed by atoms with van der Waals surface area (Å²) >= 11 is 0. The van der Waals surface area contributed by atoms with Crippen LogP contribution in [0.4, 0.5) is 22.9 Å². The second-order valence-electron chi connectivity index (χ2n) is 7.01. The molecular weight excluding hydrogens is 330 g/mol. The van der Waals surface area contributed by atoms with Gasteiger partial charge in [0.05, 0.1) is 11.2 Å². The van der Waals surface area contributed by atoms with Gasteiger partial charge in [-0.3, -0.25) is 0 Å². The molecule has 0 aliphatic carbocycles. The van der Waals surface area contributed by atoms with E-state index in [1.807, 2.05) is 0 Å². The molecule has 0 aliphatic heterocycles. The van der Waals surface area contributed by atoms with E-state index >= 15 is 0 Å². The van der Waals surface area contributed by atoms with Gasteiger partial charge in [0.15, 0.2) is 0 Å². The summed E-state index contributed by atoms with van der Waals surface area (Å²) in [5.74, 6) is 0.829. The number of hydrogen-bond acceptors (Lipinski definition) is 3. The van der Waals surface area contributed by atoms with Crippen LogP contribution in [0, 0.1) is 20.8 Å². The van der Waals surface area contributed by atoms with Gasteiger partial charge in [-0.1, -0.05) is 53.6 Å². The molecule has 0 bridgehead atoms. The SMILES string of the molecule is Cc1ccc(Nc2cc(Nc3ccc(C)cc3)c3cccc(C)c3n2)cc1. The lowest BCUT2D eigenvalue weighted by Crippen LogP contribution is -1.99. The number of para-hydroxylation sites is 1. The molecule has 3 aromatic carbocycles. The molecule has 3 heteroatoms. The first kappa shape index (κ1) is 17.1. The summed E-state index contributed by atoms with van der Waals surface area (Å²) in [6.45, 7) is 6.28. The van der Waals surface area contributed by atoms with Crippen molar-refractivity contribution in [2.24, 2.45) is 0 Å². The van der Waals surface area contributed by atoms with E-state index < -0.39 is 0 Å². The monoisotopic (exact) mass is 353 g/mol. The molecule has 0 unspecified atom stereocenters. The second-order valence-corrected chi connectivity index (χ2v) is 7.01. The molecule has 1 aromatic heterocycles. The number of rotatable bonds is 4. The average molecular weight is 353 g/mol. The van der Waals surface area contributed by atoms with E-state index in [1.165, 1.54) is 11.1 Å². The molecule has 0 fully saturated rings. The minimum absolute atomic E-state index is 0.829. The Kier molecular flexibility index (Phi) is 4.51. The first-order valence-electron chi connectivity index (χ1n) is 9.16. The number of benzene rings is 3. The standard InChI is InChI=1S/C24H23N3/c1-16-7-11-19(12-8-16)25-22-15-23(26-20-13-9-17(2)10-14-20)27-24-18(3)5-4-6-21(22)24/h4-15H,1-3H3,(H2,25,26,27). The van der Waals surface area contributed by atoms with Crippen LogP contribution < -0.4 is 10.6 Å². The number of fused-ring (bicyclic) bond motifs is 1. The van der Waals surface area contributed by atoms with Gasteiger partial charge in [-0.15, -0.1) is 0 Å². The van der Waals surface area contributed by atoms with Crippen molar-refractivity contribution in [3.63, 3.8) is 0 Å². The minimum atomic E-state index is 0.829. The molecule has 0 atom stereocenters. The van der Waals surface area contributed by atoms with Crippen molar-refractivity contribution in [3.05, 3.63) is 89.5 Å². The highest BCUT2D eigenvalue weighted by atomic mass is 15.0. The average Bonchev–Trinajstić information content (AvgIpc) is 2.66. The second kappa shape index (κ2) is 7.12. The van der Waals surface area contributed by atoms with Gasteiger partial charge in [0.2, 0.25) is 0 Å². The molecule has 0 radical (unpaired) electrons. The highest BCUT2D eigenvalue weighted by Gasteiger charge is 2.09.